The van der Waals surface area contributed by atoms with Gasteiger partial charge in [0.1, 0.15) is 5.75 Å². The molecular formula is C39H38F4N6O6. The Hall–Kier alpha value is -6.03. The summed E-state index contributed by atoms with van der Waals surface area (Å²) in [6.07, 6.45) is 0.950. The number of para-hydroxylation sites is 1. The van der Waals surface area contributed by atoms with Crippen molar-refractivity contribution < 1.29 is 36.6 Å². The number of allylic oxidation sites excluding steroid dienone is 1. The number of alkyl halides is 3. The number of amides is 1. The highest BCUT2D eigenvalue weighted by molar-refractivity contribution is 6.02. The van der Waals surface area contributed by atoms with E-state index in [0.717, 1.165) is 62.3 Å². The van der Waals surface area contributed by atoms with E-state index < -0.39 is 52.6 Å². The summed E-state index contributed by atoms with van der Waals surface area (Å²) in [5.41, 5.74) is -4.90. The first-order chi connectivity index (χ1) is 26.4. The van der Waals surface area contributed by atoms with Crippen molar-refractivity contribution in [2.75, 3.05) is 38.7 Å². The van der Waals surface area contributed by atoms with Crippen LogP contribution in [0.5, 0.6) is 23.0 Å². The number of hydrogen-bond acceptors (Lipinski definition) is 9. The number of anilines is 1. The monoisotopic (exact) mass is 762 g/mol. The predicted octanol–water partition coefficient (Wildman–Crippen LogP) is 6.84. The number of nitrogens with one attached hydrogen (secondary N) is 1. The molecule has 5 aromatic rings. The number of ether oxygens (including phenoxy) is 3. The molecule has 0 atom stereocenters. The zero-order valence-electron chi connectivity index (χ0n) is 30.1. The first kappa shape index (κ1) is 38.7. The lowest BCUT2D eigenvalue weighted by Crippen LogP contribution is -2.45. The molecule has 1 N–H and O–H groups in total. The lowest BCUT2D eigenvalue weighted by atomic mass is 9.99. The van der Waals surface area contributed by atoms with Gasteiger partial charge in [-0.05, 0) is 74.7 Å². The van der Waals surface area contributed by atoms with Crippen molar-refractivity contribution >= 4 is 22.5 Å². The number of fused-ring (bicyclic) bond motifs is 1. The Kier molecular flexibility index (Phi) is 11.6. The van der Waals surface area contributed by atoms with Gasteiger partial charge in [-0.2, -0.15) is 23.0 Å². The van der Waals surface area contributed by atoms with Crippen LogP contribution in [-0.4, -0.2) is 63.5 Å². The lowest BCUT2D eigenvalue weighted by molar-refractivity contribution is -0.137. The standard InChI is InChI=1S/C39H38F4N6O6/c1-4-16-48-37(51)35(46-49(38(48)52)30-9-6-5-8-27(30)39(41,42)43)36(50)45-25-10-11-32(28(40)21-25)55-31-12-15-44-29-23-33(53-3)34(22-26(29)31)54-20-7-17-47-18-13-24(2)14-19-47/h4-6,8-12,15,21-24H,1,7,13-14,16-20H2,2-3H3,(H,45,50). The van der Waals surface area contributed by atoms with E-state index in [1.54, 1.807) is 18.2 Å². The fourth-order valence-electron chi connectivity index (χ4n) is 6.22. The number of piperidine rings is 1. The highest BCUT2D eigenvalue weighted by Gasteiger charge is 2.35. The predicted molar refractivity (Wildman–Crippen MR) is 197 cm³/mol. The third kappa shape index (κ3) is 8.70. The van der Waals surface area contributed by atoms with Crippen LogP contribution < -0.4 is 30.8 Å². The van der Waals surface area contributed by atoms with E-state index in [0.29, 0.717) is 38.3 Å². The molecule has 1 fully saturated rings. The summed E-state index contributed by atoms with van der Waals surface area (Å²) in [5.74, 6) is -0.386. The van der Waals surface area contributed by atoms with Crippen LogP contribution in [0.1, 0.15) is 42.2 Å². The summed E-state index contributed by atoms with van der Waals surface area (Å²) in [5, 5.41) is 6.57. The minimum atomic E-state index is -4.89. The molecule has 1 saturated heterocycles. The van der Waals surface area contributed by atoms with Crippen LogP contribution in [0.25, 0.3) is 16.6 Å². The molecule has 12 nitrogen and oxygen atoms in total. The quantitative estimate of drug-likeness (QED) is 0.0779. The van der Waals surface area contributed by atoms with Crippen LogP contribution in [0.2, 0.25) is 0 Å². The van der Waals surface area contributed by atoms with Crippen molar-refractivity contribution in [2.45, 2.75) is 38.9 Å². The Balaban J connectivity index is 1.22. The van der Waals surface area contributed by atoms with Gasteiger partial charge in [0.15, 0.2) is 23.1 Å². The normalized spacial score (nSPS) is 13.8. The topological polar surface area (TPSA) is 130 Å². The van der Waals surface area contributed by atoms with Crippen LogP contribution in [0.3, 0.4) is 0 Å². The fraction of sp³-hybridized carbons (Fsp3) is 0.308. The van der Waals surface area contributed by atoms with Gasteiger partial charge in [0.05, 0.1) is 30.5 Å². The molecule has 3 heterocycles. The highest BCUT2D eigenvalue weighted by Crippen LogP contribution is 2.38. The fourth-order valence-corrected chi connectivity index (χ4v) is 6.22. The third-order valence-electron chi connectivity index (χ3n) is 9.17. The van der Waals surface area contributed by atoms with E-state index >= 15 is 4.39 Å². The van der Waals surface area contributed by atoms with E-state index in [9.17, 15) is 27.6 Å². The summed E-state index contributed by atoms with van der Waals surface area (Å²) < 4.78 is 75.4. The van der Waals surface area contributed by atoms with Gasteiger partial charge < -0.3 is 24.4 Å². The molecule has 1 aliphatic heterocycles. The first-order valence-corrected chi connectivity index (χ1v) is 17.5. The molecule has 16 heteroatoms. The van der Waals surface area contributed by atoms with Gasteiger partial charge in [0.2, 0.25) is 5.69 Å². The van der Waals surface area contributed by atoms with Gasteiger partial charge in [0.25, 0.3) is 11.5 Å². The Morgan fingerprint density at radius 2 is 1.78 bits per heavy atom. The van der Waals surface area contributed by atoms with Crippen molar-refractivity contribution in [1.82, 2.24) is 24.2 Å². The van der Waals surface area contributed by atoms with E-state index in [-0.39, 0.29) is 17.2 Å². The highest BCUT2D eigenvalue weighted by atomic mass is 19.4. The number of likely N-dealkylation sites (tertiary alicyclic amines) is 1. The smallest absolute Gasteiger partial charge is 0.418 e. The average molecular weight is 763 g/mol. The molecular weight excluding hydrogens is 724 g/mol. The molecule has 3 aromatic carbocycles. The van der Waals surface area contributed by atoms with Crippen LogP contribution in [0, 0.1) is 11.7 Å². The molecule has 0 unspecified atom stereocenters. The second kappa shape index (κ2) is 16.5. The van der Waals surface area contributed by atoms with Crippen molar-refractivity contribution in [3.05, 3.63) is 117 Å². The number of carbonyl (C=O) groups is 1. The van der Waals surface area contributed by atoms with Gasteiger partial charge in [-0.1, -0.05) is 25.1 Å². The van der Waals surface area contributed by atoms with Gasteiger partial charge in [0, 0.05) is 42.5 Å². The summed E-state index contributed by atoms with van der Waals surface area (Å²) in [7, 11) is 1.52. The van der Waals surface area contributed by atoms with Gasteiger partial charge in [-0.3, -0.25) is 19.1 Å². The van der Waals surface area contributed by atoms with Gasteiger partial charge >= 0.3 is 11.9 Å². The molecule has 1 aliphatic rings. The number of methoxy groups -OCH3 is 1. The molecule has 0 saturated carbocycles. The number of aromatic nitrogens is 4. The van der Waals surface area contributed by atoms with E-state index in [4.69, 9.17) is 14.2 Å². The molecule has 0 aliphatic carbocycles. The Morgan fingerprint density at radius 3 is 2.49 bits per heavy atom. The number of halogens is 4. The van der Waals surface area contributed by atoms with Crippen molar-refractivity contribution in [1.29, 1.82) is 0 Å². The SMILES string of the molecule is C=CCn1c(=O)c(C(=O)Nc2ccc(Oc3ccnc4cc(OC)c(OCCCN5CCC(C)CC5)cc34)c(F)c2)nn(-c2ccccc2C(F)(F)F)c1=O. The van der Waals surface area contributed by atoms with Crippen LogP contribution in [-0.2, 0) is 12.7 Å². The molecule has 1 amide bonds. The third-order valence-corrected chi connectivity index (χ3v) is 9.17. The maximum Gasteiger partial charge on any atom is 0.418 e. The van der Waals surface area contributed by atoms with Crippen LogP contribution in [0.4, 0.5) is 23.2 Å². The van der Waals surface area contributed by atoms with E-state index in [1.165, 1.54) is 44.3 Å². The largest absolute Gasteiger partial charge is 0.493 e. The minimum Gasteiger partial charge on any atom is -0.493 e. The van der Waals surface area contributed by atoms with Crippen LogP contribution in [0.15, 0.2) is 89.1 Å². The average Bonchev–Trinajstić information content (AvgIpc) is 3.16. The number of benzene rings is 3. The summed E-state index contributed by atoms with van der Waals surface area (Å²) in [4.78, 5) is 46.4. The zero-order chi connectivity index (χ0) is 39.3. The molecule has 0 radical (unpaired) electrons. The Morgan fingerprint density at radius 1 is 1.02 bits per heavy atom. The lowest BCUT2D eigenvalue weighted by Gasteiger charge is -2.30. The maximum absolute atomic E-state index is 15.5. The first-order valence-electron chi connectivity index (χ1n) is 17.5. The number of pyridine rings is 1. The number of rotatable bonds is 13. The summed E-state index contributed by atoms with van der Waals surface area (Å²) in [6, 6.07) is 12.5. The minimum absolute atomic E-state index is 0.140. The number of carbonyl (C=O) groups excluding carboxylic acids is 1. The van der Waals surface area contributed by atoms with E-state index in [1.807, 2.05) is 0 Å². The molecule has 55 heavy (non-hydrogen) atoms. The number of hydrogen-bond donors (Lipinski definition) is 1. The molecule has 0 bridgehead atoms. The summed E-state index contributed by atoms with van der Waals surface area (Å²) in [6.45, 7) is 8.83. The van der Waals surface area contributed by atoms with Gasteiger partial charge in [-0.25, -0.2) is 9.18 Å². The molecule has 2 aromatic heterocycles. The van der Waals surface area contributed by atoms with E-state index in [2.05, 4.69) is 33.8 Å². The van der Waals surface area contributed by atoms with Crippen molar-refractivity contribution in [3.8, 4) is 28.7 Å². The van der Waals surface area contributed by atoms with Crippen LogP contribution >= 0.6 is 0 Å². The Bertz CT molecular complexity index is 2340. The molecule has 6 rings (SSSR count). The summed E-state index contributed by atoms with van der Waals surface area (Å²) >= 11 is 0. The Labute approximate surface area is 312 Å². The number of nitrogens with zero attached hydrogens (tertiary/aromatic N) is 5. The second-order valence-electron chi connectivity index (χ2n) is 13.0. The zero-order valence-corrected chi connectivity index (χ0v) is 30.1. The molecule has 0 spiro atoms. The van der Waals surface area contributed by atoms with Crippen molar-refractivity contribution in [3.63, 3.8) is 0 Å². The van der Waals surface area contributed by atoms with Crippen molar-refractivity contribution in [2.24, 2.45) is 5.92 Å². The maximum atomic E-state index is 15.5. The van der Waals surface area contributed by atoms with Gasteiger partial charge in [-0.15, -0.1) is 6.58 Å². The molecule has 288 valence electrons. The second-order valence-corrected chi connectivity index (χ2v) is 13.0.